The van der Waals surface area contributed by atoms with Crippen molar-refractivity contribution in [1.82, 2.24) is 24.5 Å². The molecule has 1 aliphatic heterocycles. The van der Waals surface area contributed by atoms with Crippen molar-refractivity contribution in [2.24, 2.45) is 7.05 Å². The minimum absolute atomic E-state index is 0.0762. The third kappa shape index (κ3) is 4.44. The molecule has 1 atom stereocenters. The highest BCUT2D eigenvalue weighted by Gasteiger charge is 2.25. The van der Waals surface area contributed by atoms with Crippen LogP contribution < -0.4 is 5.32 Å². The number of carboxylic acids is 1. The van der Waals surface area contributed by atoms with Gasteiger partial charge in [-0.15, -0.1) is 0 Å². The third-order valence-corrected chi connectivity index (χ3v) is 4.31. The maximum Gasteiger partial charge on any atom is 0.325 e. The average molecular weight is 346 g/mol. The molecule has 1 saturated heterocycles. The SMILES string of the molecule is Cn1cc(NC(=O)CN2CCC[C@H](c3ccnn3CC(=O)O)C2)cn1. The smallest absolute Gasteiger partial charge is 0.325 e. The number of aryl methyl sites for hydroxylation is 1. The van der Waals surface area contributed by atoms with Gasteiger partial charge in [0.1, 0.15) is 6.54 Å². The van der Waals surface area contributed by atoms with Gasteiger partial charge in [-0.05, 0) is 25.5 Å². The third-order valence-electron chi connectivity index (χ3n) is 4.31. The van der Waals surface area contributed by atoms with Gasteiger partial charge in [0, 0.05) is 37.6 Å². The van der Waals surface area contributed by atoms with Crippen LogP contribution >= 0.6 is 0 Å². The van der Waals surface area contributed by atoms with Gasteiger partial charge in [0.2, 0.25) is 5.91 Å². The Labute approximate surface area is 145 Å². The van der Waals surface area contributed by atoms with Crippen molar-refractivity contribution in [3.63, 3.8) is 0 Å². The summed E-state index contributed by atoms with van der Waals surface area (Å²) in [5, 5.41) is 20.0. The predicted molar refractivity (Wildman–Crippen MR) is 90.1 cm³/mol. The van der Waals surface area contributed by atoms with E-state index in [1.807, 2.05) is 6.07 Å². The number of rotatable bonds is 6. The number of aliphatic carboxylic acids is 1. The molecule has 2 aromatic rings. The van der Waals surface area contributed by atoms with Gasteiger partial charge in [0.05, 0.1) is 18.4 Å². The zero-order valence-electron chi connectivity index (χ0n) is 14.1. The standard InChI is InChI=1S/C16H22N6O3/c1-20-9-13(7-18-20)19-15(23)10-21-6-2-3-12(8-21)14-4-5-17-22(14)11-16(24)25/h4-5,7,9,12H,2-3,6,8,10-11H2,1H3,(H,19,23)(H,24,25)/t12-/m0/s1. The summed E-state index contributed by atoms with van der Waals surface area (Å²) in [6.07, 6.45) is 6.92. The molecular formula is C16H22N6O3. The number of anilines is 1. The number of carboxylic acid groups (broad SMARTS) is 1. The molecule has 1 amide bonds. The Balaban J connectivity index is 1.58. The van der Waals surface area contributed by atoms with Gasteiger partial charge in [-0.2, -0.15) is 10.2 Å². The van der Waals surface area contributed by atoms with E-state index in [1.54, 1.807) is 30.3 Å². The van der Waals surface area contributed by atoms with E-state index in [4.69, 9.17) is 5.11 Å². The summed E-state index contributed by atoms with van der Waals surface area (Å²) in [5.41, 5.74) is 1.60. The van der Waals surface area contributed by atoms with Crippen LogP contribution in [0.5, 0.6) is 0 Å². The first kappa shape index (κ1) is 17.2. The normalized spacial score (nSPS) is 18.2. The van der Waals surface area contributed by atoms with Crippen LogP contribution in [0.25, 0.3) is 0 Å². The first-order valence-corrected chi connectivity index (χ1v) is 8.25. The van der Waals surface area contributed by atoms with Crippen LogP contribution in [-0.2, 0) is 23.2 Å². The fourth-order valence-corrected chi connectivity index (χ4v) is 3.28. The minimum Gasteiger partial charge on any atom is -0.480 e. The highest BCUT2D eigenvalue weighted by Crippen LogP contribution is 2.26. The molecule has 9 heteroatoms. The Morgan fingerprint density at radius 1 is 1.36 bits per heavy atom. The summed E-state index contributed by atoms with van der Waals surface area (Å²) in [5.74, 6) is -0.803. The van der Waals surface area contributed by atoms with Crippen molar-refractivity contribution in [2.45, 2.75) is 25.3 Å². The van der Waals surface area contributed by atoms with E-state index in [2.05, 4.69) is 20.4 Å². The van der Waals surface area contributed by atoms with Crippen LogP contribution in [0.3, 0.4) is 0 Å². The molecule has 2 aromatic heterocycles. The fourth-order valence-electron chi connectivity index (χ4n) is 3.28. The van der Waals surface area contributed by atoms with Crippen LogP contribution in [0.15, 0.2) is 24.7 Å². The molecule has 3 heterocycles. The lowest BCUT2D eigenvalue weighted by Gasteiger charge is -2.32. The predicted octanol–water partition coefficient (Wildman–Crippen LogP) is 0.519. The van der Waals surface area contributed by atoms with E-state index >= 15 is 0 Å². The molecule has 0 saturated carbocycles. The topological polar surface area (TPSA) is 105 Å². The lowest BCUT2D eigenvalue weighted by Crippen LogP contribution is -2.40. The number of amides is 1. The number of carbonyl (C=O) groups excluding carboxylic acids is 1. The number of nitrogens with zero attached hydrogens (tertiary/aromatic N) is 5. The summed E-state index contributed by atoms with van der Waals surface area (Å²) in [4.78, 5) is 25.3. The van der Waals surface area contributed by atoms with Crippen LogP contribution in [0.1, 0.15) is 24.5 Å². The van der Waals surface area contributed by atoms with Crippen LogP contribution in [0.2, 0.25) is 0 Å². The Morgan fingerprint density at radius 2 is 2.20 bits per heavy atom. The van der Waals surface area contributed by atoms with E-state index < -0.39 is 5.97 Å². The summed E-state index contributed by atoms with van der Waals surface area (Å²) < 4.78 is 3.17. The van der Waals surface area contributed by atoms with Gasteiger partial charge < -0.3 is 10.4 Å². The van der Waals surface area contributed by atoms with E-state index in [9.17, 15) is 9.59 Å². The zero-order valence-corrected chi connectivity index (χ0v) is 14.1. The first-order chi connectivity index (χ1) is 12.0. The molecule has 0 aromatic carbocycles. The van der Waals surface area contributed by atoms with Gasteiger partial charge in [-0.25, -0.2) is 0 Å². The lowest BCUT2D eigenvalue weighted by atomic mass is 9.94. The number of aromatic nitrogens is 4. The number of nitrogens with one attached hydrogen (secondary N) is 1. The van der Waals surface area contributed by atoms with Crippen LogP contribution in [0.4, 0.5) is 5.69 Å². The van der Waals surface area contributed by atoms with Crippen molar-refractivity contribution >= 4 is 17.6 Å². The fraction of sp³-hybridized carbons (Fsp3) is 0.500. The number of likely N-dealkylation sites (tertiary alicyclic amines) is 1. The number of piperidine rings is 1. The molecule has 0 radical (unpaired) electrons. The van der Waals surface area contributed by atoms with Crippen molar-refractivity contribution in [3.05, 3.63) is 30.4 Å². The number of carbonyl (C=O) groups is 2. The molecule has 1 fully saturated rings. The Bertz CT molecular complexity index is 753. The van der Waals surface area contributed by atoms with Crippen molar-refractivity contribution in [1.29, 1.82) is 0 Å². The molecular weight excluding hydrogens is 324 g/mol. The van der Waals surface area contributed by atoms with Crippen LogP contribution in [-0.4, -0.2) is 61.1 Å². The first-order valence-electron chi connectivity index (χ1n) is 8.25. The number of hydrogen-bond donors (Lipinski definition) is 2. The maximum atomic E-state index is 12.2. The van der Waals surface area contributed by atoms with Gasteiger partial charge in [0.15, 0.2) is 0 Å². The second-order valence-corrected chi connectivity index (χ2v) is 6.33. The molecule has 1 aliphatic rings. The summed E-state index contributed by atoms with van der Waals surface area (Å²) in [7, 11) is 1.80. The van der Waals surface area contributed by atoms with E-state index in [0.29, 0.717) is 18.8 Å². The Hall–Kier alpha value is -2.68. The van der Waals surface area contributed by atoms with Crippen LogP contribution in [0, 0.1) is 0 Å². The highest BCUT2D eigenvalue weighted by atomic mass is 16.4. The number of hydrogen-bond acceptors (Lipinski definition) is 5. The highest BCUT2D eigenvalue weighted by molar-refractivity contribution is 5.91. The molecule has 0 bridgehead atoms. The van der Waals surface area contributed by atoms with Gasteiger partial charge in [0.25, 0.3) is 0 Å². The monoisotopic (exact) mass is 346 g/mol. The molecule has 3 rings (SSSR count). The quantitative estimate of drug-likeness (QED) is 0.790. The molecule has 0 unspecified atom stereocenters. The second-order valence-electron chi connectivity index (χ2n) is 6.33. The summed E-state index contributed by atoms with van der Waals surface area (Å²) >= 11 is 0. The van der Waals surface area contributed by atoms with E-state index in [1.165, 1.54) is 4.68 Å². The van der Waals surface area contributed by atoms with Gasteiger partial charge in [-0.3, -0.25) is 23.9 Å². The van der Waals surface area contributed by atoms with E-state index in [0.717, 1.165) is 25.1 Å². The second kappa shape index (κ2) is 7.47. The summed E-state index contributed by atoms with van der Waals surface area (Å²) in [6, 6.07) is 1.87. The van der Waals surface area contributed by atoms with Gasteiger partial charge >= 0.3 is 5.97 Å². The molecule has 25 heavy (non-hydrogen) atoms. The lowest BCUT2D eigenvalue weighted by molar-refractivity contribution is -0.138. The van der Waals surface area contributed by atoms with Crippen molar-refractivity contribution < 1.29 is 14.7 Å². The average Bonchev–Trinajstić information content (AvgIpc) is 3.16. The molecule has 134 valence electrons. The Morgan fingerprint density at radius 3 is 2.92 bits per heavy atom. The van der Waals surface area contributed by atoms with Crippen molar-refractivity contribution in [2.75, 3.05) is 25.0 Å². The van der Waals surface area contributed by atoms with Gasteiger partial charge in [-0.1, -0.05) is 0 Å². The minimum atomic E-state index is -0.909. The molecule has 9 nitrogen and oxygen atoms in total. The zero-order chi connectivity index (χ0) is 17.8. The maximum absolute atomic E-state index is 12.2. The van der Waals surface area contributed by atoms with Crippen molar-refractivity contribution in [3.8, 4) is 0 Å². The largest absolute Gasteiger partial charge is 0.480 e. The molecule has 0 aliphatic carbocycles. The molecule has 2 N–H and O–H groups in total. The summed E-state index contributed by atoms with van der Waals surface area (Å²) in [6.45, 7) is 1.73. The molecule has 0 spiro atoms. The Kier molecular flexibility index (Phi) is 5.13. The van der Waals surface area contributed by atoms with E-state index in [-0.39, 0.29) is 18.4 Å².